The number of allylic oxidation sites excluding steroid dienone is 1. The third kappa shape index (κ3) is 9.61. The molecule has 0 bridgehead atoms. The Kier molecular flexibility index (Phi) is 9.71. The Morgan fingerprint density at radius 2 is 1.81 bits per heavy atom. The lowest BCUT2D eigenvalue weighted by Crippen LogP contribution is -2.16. The molecule has 0 aliphatic rings. The molecule has 0 spiro atoms. The topological polar surface area (TPSA) is 41.5 Å². The predicted octanol–water partition coefficient (Wildman–Crippen LogP) is 4.55. The van der Waals surface area contributed by atoms with Gasteiger partial charge in [-0.05, 0) is 18.1 Å². The molecule has 0 heterocycles. The molecule has 0 aliphatic carbocycles. The number of hydrazone groups is 1. The standard InChI is InChI=1S/C18H26N2O/c1-2-3-4-5-6-10-15-18(21)20-19-16-11-14-17-12-8-7-9-13-17/h7-9,11-14,16H,2-6,10,15H2,1H3,(H,20,21). The average Bonchev–Trinajstić information content (AvgIpc) is 2.51. The zero-order chi connectivity index (χ0) is 15.2. The zero-order valence-electron chi connectivity index (χ0n) is 12.9. The van der Waals surface area contributed by atoms with Crippen LogP contribution in [0.3, 0.4) is 0 Å². The van der Waals surface area contributed by atoms with Crippen LogP contribution in [0.25, 0.3) is 6.08 Å². The van der Waals surface area contributed by atoms with Crippen LogP contribution >= 0.6 is 0 Å². The highest BCUT2D eigenvalue weighted by molar-refractivity contribution is 5.81. The van der Waals surface area contributed by atoms with Crippen molar-refractivity contribution in [2.24, 2.45) is 5.10 Å². The lowest BCUT2D eigenvalue weighted by molar-refractivity contribution is -0.121. The van der Waals surface area contributed by atoms with Crippen molar-refractivity contribution < 1.29 is 4.79 Å². The minimum atomic E-state index is -0.00477. The van der Waals surface area contributed by atoms with Gasteiger partial charge in [-0.2, -0.15) is 5.10 Å². The molecule has 3 nitrogen and oxygen atoms in total. The Bertz CT molecular complexity index is 438. The minimum absolute atomic E-state index is 0.00477. The van der Waals surface area contributed by atoms with Crippen LogP contribution in [0.15, 0.2) is 41.5 Å². The van der Waals surface area contributed by atoms with Crippen molar-refractivity contribution in [2.45, 2.75) is 51.9 Å². The molecule has 3 heteroatoms. The summed E-state index contributed by atoms with van der Waals surface area (Å²) >= 11 is 0. The van der Waals surface area contributed by atoms with E-state index in [2.05, 4.69) is 17.5 Å². The summed E-state index contributed by atoms with van der Waals surface area (Å²) in [5.74, 6) is -0.00477. The van der Waals surface area contributed by atoms with Gasteiger partial charge >= 0.3 is 0 Å². The van der Waals surface area contributed by atoms with Gasteiger partial charge in [-0.15, -0.1) is 0 Å². The van der Waals surface area contributed by atoms with Crippen LogP contribution in [0.4, 0.5) is 0 Å². The maximum absolute atomic E-state index is 11.5. The van der Waals surface area contributed by atoms with E-state index < -0.39 is 0 Å². The lowest BCUT2D eigenvalue weighted by Gasteiger charge is -2.00. The number of rotatable bonds is 10. The SMILES string of the molecule is CCCCCCCCC(=O)NN=CC=Cc1ccccc1. The normalized spacial score (nSPS) is 11.3. The van der Waals surface area contributed by atoms with E-state index in [9.17, 15) is 4.79 Å². The summed E-state index contributed by atoms with van der Waals surface area (Å²) in [6.45, 7) is 2.21. The van der Waals surface area contributed by atoms with Crippen LogP contribution in [0.1, 0.15) is 57.4 Å². The molecule has 0 atom stereocenters. The molecule has 114 valence electrons. The first-order valence-electron chi connectivity index (χ1n) is 7.86. The largest absolute Gasteiger partial charge is 0.273 e. The van der Waals surface area contributed by atoms with Crippen molar-refractivity contribution in [3.8, 4) is 0 Å². The van der Waals surface area contributed by atoms with Crippen LogP contribution in [0, 0.1) is 0 Å². The average molecular weight is 286 g/mol. The smallest absolute Gasteiger partial charge is 0.240 e. The van der Waals surface area contributed by atoms with Crippen molar-refractivity contribution in [1.82, 2.24) is 5.43 Å². The molecule has 1 aromatic carbocycles. The molecule has 1 aromatic rings. The fraction of sp³-hybridized carbons (Fsp3) is 0.444. The quantitative estimate of drug-likeness (QED) is 0.382. The monoisotopic (exact) mass is 286 g/mol. The minimum Gasteiger partial charge on any atom is -0.273 e. The molecule has 0 unspecified atom stereocenters. The van der Waals surface area contributed by atoms with Gasteiger partial charge in [0.15, 0.2) is 0 Å². The number of hydrogen-bond donors (Lipinski definition) is 1. The maximum atomic E-state index is 11.5. The van der Waals surface area contributed by atoms with Crippen LogP contribution in [0.2, 0.25) is 0 Å². The Labute approximate surface area is 128 Å². The van der Waals surface area contributed by atoms with Gasteiger partial charge in [-0.1, -0.05) is 75.4 Å². The van der Waals surface area contributed by atoms with Gasteiger partial charge in [0.1, 0.15) is 0 Å². The van der Waals surface area contributed by atoms with E-state index in [-0.39, 0.29) is 5.91 Å². The molecule has 0 aromatic heterocycles. The second-order valence-electron chi connectivity index (χ2n) is 5.10. The van der Waals surface area contributed by atoms with Gasteiger partial charge in [-0.25, -0.2) is 5.43 Å². The third-order valence-electron chi connectivity index (χ3n) is 3.20. The Morgan fingerprint density at radius 1 is 1.10 bits per heavy atom. The summed E-state index contributed by atoms with van der Waals surface area (Å²) in [5, 5.41) is 3.90. The molecular weight excluding hydrogens is 260 g/mol. The number of amides is 1. The van der Waals surface area contributed by atoms with Crippen molar-refractivity contribution in [1.29, 1.82) is 0 Å². The number of benzene rings is 1. The van der Waals surface area contributed by atoms with Crippen LogP contribution in [-0.4, -0.2) is 12.1 Å². The molecule has 1 N–H and O–H groups in total. The number of carbonyl (C=O) groups is 1. The predicted molar refractivity (Wildman–Crippen MR) is 90.1 cm³/mol. The lowest BCUT2D eigenvalue weighted by atomic mass is 10.1. The summed E-state index contributed by atoms with van der Waals surface area (Å²) in [4.78, 5) is 11.5. The Hall–Kier alpha value is -1.90. The first kappa shape index (κ1) is 17.2. The molecule has 0 saturated heterocycles. The molecule has 21 heavy (non-hydrogen) atoms. The van der Waals surface area contributed by atoms with Crippen LogP contribution < -0.4 is 5.43 Å². The fourth-order valence-electron chi connectivity index (χ4n) is 1.99. The van der Waals surface area contributed by atoms with E-state index in [1.54, 1.807) is 6.21 Å². The number of hydrogen-bond acceptors (Lipinski definition) is 2. The van der Waals surface area contributed by atoms with Crippen LogP contribution in [0.5, 0.6) is 0 Å². The van der Waals surface area contributed by atoms with Gasteiger partial charge in [0.25, 0.3) is 0 Å². The summed E-state index contributed by atoms with van der Waals surface area (Å²) < 4.78 is 0. The van der Waals surface area contributed by atoms with Gasteiger partial charge in [-0.3, -0.25) is 4.79 Å². The summed E-state index contributed by atoms with van der Waals surface area (Å²) in [5.41, 5.74) is 3.66. The molecule has 1 rings (SSSR count). The van der Waals surface area contributed by atoms with Gasteiger partial charge < -0.3 is 0 Å². The maximum Gasteiger partial charge on any atom is 0.240 e. The molecular formula is C18H26N2O. The fourth-order valence-corrected chi connectivity index (χ4v) is 1.99. The van der Waals surface area contributed by atoms with Crippen molar-refractivity contribution in [3.05, 3.63) is 42.0 Å². The van der Waals surface area contributed by atoms with Gasteiger partial charge in [0, 0.05) is 12.6 Å². The van der Waals surface area contributed by atoms with E-state index >= 15 is 0 Å². The van der Waals surface area contributed by atoms with E-state index in [0.29, 0.717) is 6.42 Å². The van der Waals surface area contributed by atoms with Crippen molar-refractivity contribution >= 4 is 18.2 Å². The first-order valence-corrected chi connectivity index (χ1v) is 7.86. The highest BCUT2D eigenvalue weighted by Crippen LogP contribution is 2.06. The van der Waals surface area contributed by atoms with Gasteiger partial charge in [0.05, 0.1) is 0 Å². The Balaban J connectivity index is 2.07. The van der Waals surface area contributed by atoms with Crippen LogP contribution in [-0.2, 0) is 4.79 Å². The molecule has 0 saturated carbocycles. The highest BCUT2D eigenvalue weighted by atomic mass is 16.2. The second-order valence-corrected chi connectivity index (χ2v) is 5.10. The van der Waals surface area contributed by atoms with E-state index in [0.717, 1.165) is 18.4 Å². The van der Waals surface area contributed by atoms with Gasteiger partial charge in [0.2, 0.25) is 5.91 Å². The number of nitrogens with one attached hydrogen (secondary N) is 1. The summed E-state index contributed by atoms with van der Waals surface area (Å²) in [6.07, 6.45) is 13.1. The number of nitrogens with zero attached hydrogens (tertiary/aromatic N) is 1. The molecule has 1 amide bonds. The third-order valence-corrected chi connectivity index (χ3v) is 3.20. The molecule has 0 radical (unpaired) electrons. The first-order chi connectivity index (χ1) is 10.3. The Morgan fingerprint density at radius 3 is 2.57 bits per heavy atom. The summed E-state index contributed by atoms with van der Waals surface area (Å²) in [7, 11) is 0. The second kappa shape index (κ2) is 11.9. The highest BCUT2D eigenvalue weighted by Gasteiger charge is 1.98. The van der Waals surface area contributed by atoms with Crippen molar-refractivity contribution in [2.75, 3.05) is 0 Å². The van der Waals surface area contributed by atoms with Crippen molar-refractivity contribution in [3.63, 3.8) is 0 Å². The van der Waals surface area contributed by atoms with E-state index in [1.807, 2.05) is 42.5 Å². The summed E-state index contributed by atoms with van der Waals surface area (Å²) in [6, 6.07) is 9.98. The zero-order valence-corrected chi connectivity index (χ0v) is 12.9. The number of unbranched alkanes of at least 4 members (excludes halogenated alkanes) is 5. The number of carbonyl (C=O) groups excluding carboxylic acids is 1. The molecule has 0 fully saturated rings. The van der Waals surface area contributed by atoms with E-state index in [1.165, 1.54) is 25.7 Å². The van der Waals surface area contributed by atoms with E-state index in [4.69, 9.17) is 0 Å². The molecule has 0 aliphatic heterocycles.